The van der Waals surface area contributed by atoms with E-state index < -0.39 is 0 Å². The quantitative estimate of drug-likeness (QED) is 0.831. The molecule has 6 heteroatoms. The predicted molar refractivity (Wildman–Crippen MR) is 101 cm³/mol. The minimum atomic E-state index is -0.129. The number of hydrogen-bond acceptors (Lipinski definition) is 3. The molecule has 0 aromatic heterocycles. The van der Waals surface area contributed by atoms with Gasteiger partial charge in [0.2, 0.25) is 0 Å². The lowest BCUT2D eigenvalue weighted by atomic mass is 10.1. The zero-order valence-electron chi connectivity index (χ0n) is 14.9. The van der Waals surface area contributed by atoms with Gasteiger partial charge in [0.1, 0.15) is 5.75 Å². The summed E-state index contributed by atoms with van der Waals surface area (Å²) in [4.78, 5) is 28.9. The van der Waals surface area contributed by atoms with Crippen molar-refractivity contribution in [2.24, 2.45) is 0 Å². The van der Waals surface area contributed by atoms with E-state index in [1.807, 2.05) is 25.1 Å². The van der Waals surface area contributed by atoms with Crippen LogP contribution in [0.4, 0.5) is 0 Å². The van der Waals surface area contributed by atoms with Crippen LogP contribution in [0.25, 0.3) is 0 Å². The van der Waals surface area contributed by atoms with Crippen LogP contribution in [-0.2, 0) is 0 Å². The average molecular weight is 373 g/mol. The molecule has 3 rings (SSSR count). The van der Waals surface area contributed by atoms with Crippen molar-refractivity contribution < 1.29 is 14.3 Å². The van der Waals surface area contributed by atoms with Crippen LogP contribution < -0.4 is 4.74 Å². The van der Waals surface area contributed by atoms with Crippen molar-refractivity contribution in [3.63, 3.8) is 0 Å². The number of benzene rings is 2. The predicted octanol–water partition coefficient (Wildman–Crippen LogP) is 3.26. The molecular formula is C20H21ClN2O3. The summed E-state index contributed by atoms with van der Waals surface area (Å²) in [6.07, 6.45) is 0. The van der Waals surface area contributed by atoms with Crippen LogP contribution in [0.3, 0.4) is 0 Å². The highest BCUT2D eigenvalue weighted by Gasteiger charge is 2.27. The Hall–Kier alpha value is -2.53. The Morgan fingerprint density at radius 3 is 2.12 bits per heavy atom. The van der Waals surface area contributed by atoms with E-state index in [1.165, 1.54) is 7.11 Å². The number of hydrogen-bond donors (Lipinski definition) is 0. The maximum atomic E-state index is 12.9. The summed E-state index contributed by atoms with van der Waals surface area (Å²) in [6, 6.07) is 12.6. The minimum absolute atomic E-state index is 0.00587. The van der Waals surface area contributed by atoms with Crippen LogP contribution >= 0.6 is 11.6 Å². The van der Waals surface area contributed by atoms with Gasteiger partial charge in [-0.2, -0.15) is 0 Å². The summed E-state index contributed by atoms with van der Waals surface area (Å²) in [5, 5.41) is 0.534. The number of rotatable bonds is 3. The van der Waals surface area contributed by atoms with E-state index in [9.17, 15) is 9.59 Å². The van der Waals surface area contributed by atoms with Crippen LogP contribution in [0.5, 0.6) is 5.75 Å². The summed E-state index contributed by atoms with van der Waals surface area (Å²) in [5.74, 6) is 0.379. The molecule has 0 spiro atoms. The Kier molecular flexibility index (Phi) is 5.47. The van der Waals surface area contributed by atoms with Crippen LogP contribution in [-0.4, -0.2) is 54.9 Å². The average Bonchev–Trinajstić information content (AvgIpc) is 2.69. The van der Waals surface area contributed by atoms with Crippen molar-refractivity contribution in [1.29, 1.82) is 0 Å². The normalized spacial score (nSPS) is 14.3. The number of carbonyl (C=O) groups is 2. The standard InChI is InChI=1S/C20H21ClN2O3/c1-14-12-18(26-2)16(13-17(14)21)20(25)23-10-8-22(9-11-23)19(24)15-6-4-3-5-7-15/h3-7,12-13H,8-11H2,1-2H3. The molecule has 1 heterocycles. The molecule has 136 valence electrons. The van der Waals surface area contributed by atoms with E-state index >= 15 is 0 Å². The van der Waals surface area contributed by atoms with Gasteiger partial charge in [0.15, 0.2) is 0 Å². The molecule has 0 N–H and O–H groups in total. The summed E-state index contributed by atoms with van der Waals surface area (Å²) >= 11 is 6.18. The fraction of sp³-hybridized carbons (Fsp3) is 0.300. The first-order valence-electron chi connectivity index (χ1n) is 8.49. The number of nitrogens with zero attached hydrogens (tertiary/aromatic N) is 2. The van der Waals surface area contributed by atoms with E-state index in [2.05, 4.69) is 0 Å². The second-order valence-electron chi connectivity index (χ2n) is 6.25. The van der Waals surface area contributed by atoms with E-state index in [4.69, 9.17) is 16.3 Å². The molecule has 0 bridgehead atoms. The molecule has 0 saturated carbocycles. The lowest BCUT2D eigenvalue weighted by Gasteiger charge is -2.35. The molecule has 0 aliphatic carbocycles. The highest BCUT2D eigenvalue weighted by atomic mass is 35.5. The van der Waals surface area contributed by atoms with Crippen LogP contribution in [0.1, 0.15) is 26.3 Å². The van der Waals surface area contributed by atoms with Gasteiger partial charge in [0.05, 0.1) is 12.7 Å². The first kappa shape index (κ1) is 18.3. The molecule has 5 nitrogen and oxygen atoms in total. The number of halogens is 1. The SMILES string of the molecule is COc1cc(C)c(Cl)cc1C(=O)N1CCN(C(=O)c2ccccc2)CC1. The maximum Gasteiger partial charge on any atom is 0.257 e. The summed E-state index contributed by atoms with van der Waals surface area (Å²) in [5.41, 5.74) is 1.98. The Morgan fingerprint density at radius 2 is 1.54 bits per heavy atom. The van der Waals surface area contributed by atoms with Gasteiger partial charge >= 0.3 is 0 Å². The Morgan fingerprint density at radius 1 is 0.962 bits per heavy atom. The van der Waals surface area contributed by atoms with E-state index in [0.717, 1.165) is 5.56 Å². The molecular weight excluding hydrogens is 352 g/mol. The smallest absolute Gasteiger partial charge is 0.257 e. The molecule has 1 fully saturated rings. The zero-order valence-corrected chi connectivity index (χ0v) is 15.6. The summed E-state index contributed by atoms with van der Waals surface area (Å²) in [6.45, 7) is 3.83. The third-order valence-electron chi connectivity index (χ3n) is 4.59. The summed E-state index contributed by atoms with van der Waals surface area (Å²) < 4.78 is 5.34. The molecule has 26 heavy (non-hydrogen) atoms. The van der Waals surface area contributed by atoms with Crippen LogP contribution in [0.2, 0.25) is 5.02 Å². The number of ether oxygens (including phenoxy) is 1. The summed E-state index contributed by atoms with van der Waals surface area (Å²) in [7, 11) is 1.54. The van der Waals surface area contributed by atoms with Crippen LogP contribution in [0.15, 0.2) is 42.5 Å². The van der Waals surface area contributed by atoms with Crippen molar-refractivity contribution in [1.82, 2.24) is 9.80 Å². The van der Waals surface area contributed by atoms with Gasteiger partial charge in [-0.1, -0.05) is 29.8 Å². The van der Waals surface area contributed by atoms with E-state index in [1.54, 1.807) is 34.1 Å². The fourth-order valence-electron chi connectivity index (χ4n) is 3.04. The van der Waals surface area contributed by atoms with Gasteiger partial charge in [-0.15, -0.1) is 0 Å². The van der Waals surface area contributed by atoms with Crippen molar-refractivity contribution in [3.8, 4) is 5.75 Å². The van der Waals surface area contributed by atoms with Gasteiger partial charge in [-0.05, 0) is 36.8 Å². The van der Waals surface area contributed by atoms with Crippen molar-refractivity contribution in [2.75, 3.05) is 33.3 Å². The van der Waals surface area contributed by atoms with E-state index in [0.29, 0.717) is 48.1 Å². The van der Waals surface area contributed by atoms with Gasteiger partial charge in [-0.25, -0.2) is 0 Å². The number of aryl methyl sites for hydroxylation is 1. The van der Waals surface area contributed by atoms with Crippen molar-refractivity contribution in [3.05, 3.63) is 64.2 Å². The second kappa shape index (κ2) is 7.79. The topological polar surface area (TPSA) is 49.9 Å². The first-order valence-corrected chi connectivity index (χ1v) is 8.87. The number of piperazine rings is 1. The third kappa shape index (κ3) is 3.68. The molecule has 1 saturated heterocycles. The highest BCUT2D eigenvalue weighted by molar-refractivity contribution is 6.31. The van der Waals surface area contributed by atoms with Gasteiger partial charge in [0.25, 0.3) is 11.8 Å². The molecule has 2 aromatic rings. The first-order chi connectivity index (χ1) is 12.5. The monoisotopic (exact) mass is 372 g/mol. The van der Waals surface area contributed by atoms with Crippen molar-refractivity contribution in [2.45, 2.75) is 6.92 Å². The third-order valence-corrected chi connectivity index (χ3v) is 4.99. The molecule has 0 unspecified atom stereocenters. The Labute approximate surface area is 158 Å². The number of methoxy groups -OCH3 is 1. The second-order valence-corrected chi connectivity index (χ2v) is 6.66. The lowest BCUT2D eigenvalue weighted by molar-refractivity contribution is 0.0533. The van der Waals surface area contributed by atoms with Crippen LogP contribution in [0, 0.1) is 6.92 Å². The van der Waals surface area contributed by atoms with E-state index in [-0.39, 0.29) is 11.8 Å². The molecule has 2 amide bonds. The van der Waals surface area contributed by atoms with Gasteiger partial charge in [-0.3, -0.25) is 9.59 Å². The minimum Gasteiger partial charge on any atom is -0.496 e. The maximum absolute atomic E-state index is 12.9. The molecule has 0 radical (unpaired) electrons. The number of amides is 2. The lowest BCUT2D eigenvalue weighted by Crippen LogP contribution is -2.50. The fourth-order valence-corrected chi connectivity index (χ4v) is 3.20. The van der Waals surface area contributed by atoms with Gasteiger partial charge in [0, 0.05) is 36.8 Å². The molecule has 1 aliphatic heterocycles. The molecule has 0 atom stereocenters. The van der Waals surface area contributed by atoms with Gasteiger partial charge < -0.3 is 14.5 Å². The Bertz CT molecular complexity index is 815. The highest BCUT2D eigenvalue weighted by Crippen LogP contribution is 2.28. The molecule has 1 aliphatic rings. The van der Waals surface area contributed by atoms with Crippen molar-refractivity contribution >= 4 is 23.4 Å². The zero-order chi connectivity index (χ0) is 18.7. The Balaban J connectivity index is 1.69. The number of carbonyl (C=O) groups excluding carboxylic acids is 2. The largest absolute Gasteiger partial charge is 0.496 e. The molecule has 2 aromatic carbocycles.